The zero-order valence-corrected chi connectivity index (χ0v) is 17.6. The fourth-order valence-corrected chi connectivity index (χ4v) is 7.12. The van der Waals surface area contributed by atoms with Crippen LogP contribution in [0.4, 0.5) is 0 Å². The van der Waals surface area contributed by atoms with Gasteiger partial charge in [0.15, 0.2) is 0 Å². The molecule has 5 nitrogen and oxygen atoms in total. The highest BCUT2D eigenvalue weighted by Gasteiger charge is 2.57. The molecule has 2 N–H and O–H groups in total. The quantitative estimate of drug-likeness (QED) is 0.765. The van der Waals surface area contributed by atoms with E-state index in [9.17, 15) is 9.90 Å². The number of benzene rings is 1. The number of hydrogen-bond acceptors (Lipinski definition) is 4. The van der Waals surface area contributed by atoms with Gasteiger partial charge in [-0.15, -0.1) is 0 Å². The third-order valence-electron chi connectivity index (χ3n) is 7.54. The van der Waals surface area contributed by atoms with Gasteiger partial charge in [0.2, 0.25) is 5.91 Å². The van der Waals surface area contributed by atoms with Crippen LogP contribution in [0.25, 0.3) is 0 Å². The molecular formula is C24H33NO4. The maximum absolute atomic E-state index is 12.9. The summed E-state index contributed by atoms with van der Waals surface area (Å²) in [5.41, 5.74) is 1.64. The van der Waals surface area contributed by atoms with Crippen molar-refractivity contribution in [3.8, 4) is 11.5 Å². The minimum atomic E-state index is -0.513. The Morgan fingerprint density at radius 3 is 2.72 bits per heavy atom. The number of carbonyl (C=O) groups is 1. The molecule has 0 saturated heterocycles. The molecule has 0 radical (unpaired) electrons. The average Bonchev–Trinajstić information content (AvgIpc) is 2.96. The van der Waals surface area contributed by atoms with Gasteiger partial charge < -0.3 is 19.9 Å². The molecule has 4 aliphatic carbocycles. The van der Waals surface area contributed by atoms with Crippen molar-refractivity contribution in [2.24, 2.45) is 17.3 Å². The topological polar surface area (TPSA) is 67.8 Å². The van der Waals surface area contributed by atoms with Gasteiger partial charge in [0, 0.05) is 30.5 Å². The number of nitrogens with one attached hydrogen (secondary N) is 1. The lowest BCUT2D eigenvalue weighted by Gasteiger charge is -2.60. The molecule has 1 aromatic rings. The van der Waals surface area contributed by atoms with Gasteiger partial charge in [-0.05, 0) is 81.8 Å². The van der Waals surface area contributed by atoms with Crippen LogP contribution in [0, 0.1) is 17.3 Å². The normalized spacial score (nSPS) is 36.6. The molecule has 1 amide bonds. The predicted molar refractivity (Wildman–Crippen MR) is 110 cm³/mol. The van der Waals surface area contributed by atoms with Crippen LogP contribution in [0.3, 0.4) is 0 Å². The Hall–Kier alpha value is -1.75. The summed E-state index contributed by atoms with van der Waals surface area (Å²) in [4.78, 5) is 12.9. The van der Waals surface area contributed by atoms with E-state index in [0.29, 0.717) is 31.4 Å². The van der Waals surface area contributed by atoms with Gasteiger partial charge in [0.25, 0.3) is 0 Å². The number of carbonyl (C=O) groups excluding carboxylic acids is 1. The third kappa shape index (κ3) is 3.63. The fraction of sp³-hybridized carbons (Fsp3) is 0.708. The minimum Gasteiger partial charge on any atom is -0.494 e. The summed E-state index contributed by atoms with van der Waals surface area (Å²) in [7, 11) is 0. The van der Waals surface area contributed by atoms with Gasteiger partial charge >= 0.3 is 0 Å². The van der Waals surface area contributed by atoms with Crippen molar-refractivity contribution in [3.63, 3.8) is 0 Å². The van der Waals surface area contributed by atoms with E-state index in [2.05, 4.69) is 18.3 Å². The van der Waals surface area contributed by atoms with E-state index in [1.54, 1.807) is 0 Å². The SMILES string of the molecule is CCOc1cc2c(cc1CNC(=O)CC13C[C@H]4C[C@@H](CC(O)(C4)C1)C3)O[C@H](C)C2. The van der Waals surface area contributed by atoms with Gasteiger partial charge in [-0.3, -0.25) is 4.79 Å². The maximum atomic E-state index is 12.9. The highest BCUT2D eigenvalue weighted by molar-refractivity contribution is 5.77. The molecule has 5 aliphatic rings. The first kappa shape index (κ1) is 19.2. The Morgan fingerprint density at radius 1 is 1.28 bits per heavy atom. The van der Waals surface area contributed by atoms with Crippen LogP contribution in [0.1, 0.15) is 69.9 Å². The Kier molecular flexibility index (Phi) is 4.57. The monoisotopic (exact) mass is 399 g/mol. The van der Waals surface area contributed by atoms with E-state index in [-0.39, 0.29) is 17.4 Å². The molecule has 0 aromatic heterocycles. The highest BCUT2D eigenvalue weighted by Crippen LogP contribution is 2.62. The largest absolute Gasteiger partial charge is 0.494 e. The van der Waals surface area contributed by atoms with Gasteiger partial charge in [-0.25, -0.2) is 0 Å². The lowest BCUT2D eigenvalue weighted by molar-refractivity contribution is -0.169. The van der Waals surface area contributed by atoms with Crippen molar-refractivity contribution in [3.05, 3.63) is 23.3 Å². The maximum Gasteiger partial charge on any atom is 0.220 e. The standard InChI is InChI=1S/C24H33NO4/c1-3-28-20-6-18-4-15(2)29-21(18)7-19(20)13-25-22(26)12-23-8-16-5-17(9-23)11-24(27,10-16)14-23/h6-7,15-17,27H,3-5,8-14H2,1-2H3,(H,25,26)/t15-,16-,17-,23?,24?/m1/s1. The van der Waals surface area contributed by atoms with Gasteiger partial charge in [0.05, 0.1) is 12.2 Å². The second-order valence-electron chi connectivity index (χ2n) is 10.3. The van der Waals surface area contributed by atoms with Crippen LogP contribution in [-0.2, 0) is 17.8 Å². The average molecular weight is 400 g/mol. The number of fused-ring (bicyclic) bond motifs is 1. The van der Waals surface area contributed by atoms with Crippen LogP contribution in [0.5, 0.6) is 11.5 Å². The number of ether oxygens (including phenoxy) is 2. The Labute approximate surface area is 173 Å². The van der Waals surface area contributed by atoms with Crippen LogP contribution >= 0.6 is 0 Å². The van der Waals surface area contributed by atoms with Crippen molar-refractivity contribution in [1.82, 2.24) is 5.32 Å². The van der Waals surface area contributed by atoms with Crippen LogP contribution in [0.2, 0.25) is 0 Å². The summed E-state index contributed by atoms with van der Waals surface area (Å²) in [6.07, 6.45) is 7.76. The van der Waals surface area contributed by atoms with Crippen molar-refractivity contribution in [2.75, 3.05) is 6.61 Å². The second-order valence-corrected chi connectivity index (χ2v) is 10.3. The van der Waals surface area contributed by atoms with Crippen molar-refractivity contribution in [2.45, 2.75) is 83.5 Å². The van der Waals surface area contributed by atoms with E-state index >= 15 is 0 Å². The summed E-state index contributed by atoms with van der Waals surface area (Å²) >= 11 is 0. The van der Waals surface area contributed by atoms with Gasteiger partial charge in [-0.1, -0.05) is 0 Å². The summed E-state index contributed by atoms with van der Waals surface area (Å²) < 4.78 is 11.7. The number of aliphatic hydroxyl groups is 1. The van der Waals surface area contributed by atoms with E-state index in [1.807, 2.05) is 13.0 Å². The molecule has 29 heavy (non-hydrogen) atoms. The molecule has 4 bridgehead atoms. The molecule has 3 atom stereocenters. The smallest absolute Gasteiger partial charge is 0.220 e. The van der Waals surface area contributed by atoms with Gasteiger partial charge in [0.1, 0.15) is 17.6 Å². The van der Waals surface area contributed by atoms with Crippen molar-refractivity contribution >= 4 is 5.91 Å². The Balaban J connectivity index is 1.26. The lowest BCUT2D eigenvalue weighted by atomic mass is 9.47. The van der Waals surface area contributed by atoms with Gasteiger partial charge in [-0.2, -0.15) is 0 Å². The second kappa shape index (κ2) is 6.90. The Morgan fingerprint density at radius 2 is 2.03 bits per heavy atom. The molecule has 0 spiro atoms. The third-order valence-corrected chi connectivity index (χ3v) is 7.54. The van der Waals surface area contributed by atoms with E-state index in [1.165, 1.54) is 12.0 Å². The Bertz CT molecular complexity index is 805. The van der Waals surface area contributed by atoms with E-state index < -0.39 is 5.60 Å². The highest BCUT2D eigenvalue weighted by atomic mass is 16.5. The van der Waals surface area contributed by atoms with Crippen molar-refractivity contribution in [1.29, 1.82) is 0 Å². The van der Waals surface area contributed by atoms with Crippen LogP contribution < -0.4 is 14.8 Å². The molecule has 1 heterocycles. The summed E-state index contributed by atoms with van der Waals surface area (Å²) in [5.74, 6) is 3.05. The molecule has 6 rings (SSSR count). The number of hydrogen-bond donors (Lipinski definition) is 2. The minimum absolute atomic E-state index is 0.00213. The molecule has 1 aliphatic heterocycles. The number of amides is 1. The zero-order chi connectivity index (χ0) is 20.2. The molecule has 5 heteroatoms. The summed E-state index contributed by atoms with van der Waals surface area (Å²) in [5, 5.41) is 14.1. The first-order chi connectivity index (χ1) is 13.9. The first-order valence-corrected chi connectivity index (χ1v) is 11.3. The molecular weight excluding hydrogens is 366 g/mol. The number of rotatable bonds is 6. The molecule has 0 unspecified atom stereocenters. The summed E-state index contributed by atoms with van der Waals surface area (Å²) in [6.45, 7) is 5.10. The molecule has 4 fully saturated rings. The van der Waals surface area contributed by atoms with Crippen LogP contribution in [0.15, 0.2) is 12.1 Å². The molecule has 1 aromatic carbocycles. The molecule has 158 valence electrons. The summed E-state index contributed by atoms with van der Waals surface area (Å²) in [6, 6.07) is 4.09. The predicted octanol–water partition coefficient (Wildman–Crippen LogP) is 3.75. The lowest BCUT2D eigenvalue weighted by Crippen LogP contribution is -2.56. The van der Waals surface area contributed by atoms with Crippen LogP contribution in [-0.4, -0.2) is 29.3 Å². The molecule has 4 saturated carbocycles. The van der Waals surface area contributed by atoms with Crippen molar-refractivity contribution < 1.29 is 19.4 Å². The van der Waals surface area contributed by atoms with E-state index in [0.717, 1.165) is 55.6 Å². The van der Waals surface area contributed by atoms with E-state index in [4.69, 9.17) is 9.47 Å². The first-order valence-electron chi connectivity index (χ1n) is 11.3. The fourth-order valence-electron chi connectivity index (χ4n) is 7.12. The zero-order valence-electron chi connectivity index (χ0n) is 17.6.